The van der Waals surface area contributed by atoms with Crippen LogP contribution in [0.2, 0.25) is 0 Å². The summed E-state index contributed by atoms with van der Waals surface area (Å²) >= 11 is 0. The maximum absolute atomic E-state index is 12.2. The van der Waals surface area contributed by atoms with Gasteiger partial charge in [-0.2, -0.15) is 0 Å². The van der Waals surface area contributed by atoms with Crippen LogP contribution in [0.25, 0.3) is 0 Å². The van der Waals surface area contributed by atoms with Crippen molar-refractivity contribution in [3.8, 4) is 0 Å². The molecule has 0 spiro atoms. The maximum Gasteiger partial charge on any atom is 0.222 e. The molecule has 1 aromatic rings. The van der Waals surface area contributed by atoms with Crippen LogP contribution >= 0.6 is 0 Å². The van der Waals surface area contributed by atoms with E-state index in [0.29, 0.717) is 18.4 Å². The normalized spacial score (nSPS) is 19.1. The van der Waals surface area contributed by atoms with Gasteiger partial charge in [-0.1, -0.05) is 29.8 Å². The van der Waals surface area contributed by atoms with Gasteiger partial charge in [-0.05, 0) is 38.7 Å². The molecule has 3 nitrogen and oxygen atoms in total. The highest BCUT2D eigenvalue weighted by Crippen LogP contribution is 2.11. The van der Waals surface area contributed by atoms with Crippen molar-refractivity contribution >= 4 is 5.91 Å². The van der Waals surface area contributed by atoms with Crippen LogP contribution in [0.1, 0.15) is 37.3 Å². The lowest BCUT2D eigenvalue weighted by molar-refractivity contribution is -0.134. The summed E-state index contributed by atoms with van der Waals surface area (Å²) in [6, 6.07) is 9.03. The molecule has 20 heavy (non-hydrogen) atoms. The Hall–Kier alpha value is -1.35. The van der Waals surface area contributed by atoms with Crippen molar-refractivity contribution in [2.75, 3.05) is 19.6 Å². The number of piperazine rings is 1. The van der Waals surface area contributed by atoms with Gasteiger partial charge in [0, 0.05) is 32.1 Å². The molecule has 1 heterocycles. The summed E-state index contributed by atoms with van der Waals surface area (Å²) in [5, 5.41) is 3.32. The van der Waals surface area contributed by atoms with E-state index >= 15 is 0 Å². The number of rotatable bonds is 5. The Kier molecular flexibility index (Phi) is 5.60. The predicted molar refractivity (Wildman–Crippen MR) is 82.8 cm³/mol. The molecule has 110 valence electrons. The molecule has 0 saturated carbocycles. The second kappa shape index (κ2) is 7.44. The molecule has 1 fully saturated rings. The molecule has 1 saturated heterocycles. The molecule has 0 bridgehead atoms. The first-order valence-corrected chi connectivity index (χ1v) is 7.72. The molecule has 1 N–H and O–H groups in total. The van der Waals surface area contributed by atoms with Crippen LogP contribution in [0, 0.1) is 6.92 Å². The van der Waals surface area contributed by atoms with Gasteiger partial charge in [0.05, 0.1) is 0 Å². The van der Waals surface area contributed by atoms with Gasteiger partial charge in [0.2, 0.25) is 5.91 Å². The van der Waals surface area contributed by atoms with Gasteiger partial charge in [0.1, 0.15) is 0 Å². The van der Waals surface area contributed by atoms with E-state index in [4.69, 9.17) is 0 Å². The fourth-order valence-corrected chi connectivity index (χ4v) is 2.72. The van der Waals surface area contributed by atoms with E-state index in [9.17, 15) is 4.79 Å². The van der Waals surface area contributed by atoms with Crippen molar-refractivity contribution in [3.63, 3.8) is 0 Å². The van der Waals surface area contributed by atoms with Gasteiger partial charge in [0.25, 0.3) is 0 Å². The number of aryl methyl sites for hydroxylation is 2. The molecule has 0 aromatic heterocycles. The molecule has 1 atom stereocenters. The molecule has 1 aromatic carbocycles. The van der Waals surface area contributed by atoms with Gasteiger partial charge in [-0.25, -0.2) is 0 Å². The predicted octanol–water partition coefficient (Wildman–Crippen LogP) is 2.53. The monoisotopic (exact) mass is 274 g/mol. The number of nitrogens with one attached hydrogen (secondary N) is 1. The fraction of sp³-hybridized carbons (Fsp3) is 0.588. The quantitative estimate of drug-likeness (QED) is 0.837. The molecule has 1 unspecified atom stereocenters. The van der Waals surface area contributed by atoms with Gasteiger partial charge < -0.3 is 10.2 Å². The summed E-state index contributed by atoms with van der Waals surface area (Å²) < 4.78 is 0. The van der Waals surface area contributed by atoms with Crippen molar-refractivity contribution in [2.45, 2.75) is 45.6 Å². The zero-order valence-corrected chi connectivity index (χ0v) is 12.7. The van der Waals surface area contributed by atoms with E-state index < -0.39 is 0 Å². The number of hydrogen-bond acceptors (Lipinski definition) is 2. The van der Waals surface area contributed by atoms with E-state index in [1.807, 2.05) is 4.90 Å². The molecule has 1 amide bonds. The summed E-state index contributed by atoms with van der Waals surface area (Å²) in [5.41, 5.74) is 2.68. The summed E-state index contributed by atoms with van der Waals surface area (Å²) in [5.74, 6) is 0.322. The van der Waals surface area contributed by atoms with E-state index in [0.717, 1.165) is 38.9 Å². The Bertz CT molecular complexity index is 427. The topological polar surface area (TPSA) is 32.3 Å². The van der Waals surface area contributed by atoms with Crippen molar-refractivity contribution in [1.82, 2.24) is 10.2 Å². The van der Waals surface area contributed by atoms with Gasteiger partial charge >= 0.3 is 0 Å². The Morgan fingerprint density at radius 2 is 2.05 bits per heavy atom. The fourth-order valence-electron chi connectivity index (χ4n) is 2.72. The van der Waals surface area contributed by atoms with Crippen molar-refractivity contribution in [1.29, 1.82) is 0 Å². The Morgan fingerprint density at radius 1 is 1.30 bits per heavy atom. The third-order valence-electron chi connectivity index (χ3n) is 4.05. The number of carbonyl (C=O) groups is 1. The highest BCUT2D eigenvalue weighted by Gasteiger charge is 2.21. The molecule has 1 aliphatic rings. The maximum atomic E-state index is 12.2. The van der Waals surface area contributed by atoms with E-state index in [1.54, 1.807) is 0 Å². The third-order valence-corrected chi connectivity index (χ3v) is 4.05. The van der Waals surface area contributed by atoms with Crippen LogP contribution in [0.4, 0.5) is 0 Å². The summed E-state index contributed by atoms with van der Waals surface area (Å²) in [6.07, 6.45) is 3.85. The molecule has 0 aliphatic carbocycles. The van der Waals surface area contributed by atoms with Gasteiger partial charge in [-0.3, -0.25) is 4.79 Å². The number of amides is 1. The summed E-state index contributed by atoms with van der Waals surface area (Å²) in [7, 11) is 0. The smallest absolute Gasteiger partial charge is 0.222 e. The molecule has 3 heteroatoms. The van der Waals surface area contributed by atoms with Crippen LogP contribution in [0.5, 0.6) is 0 Å². The highest BCUT2D eigenvalue weighted by molar-refractivity contribution is 5.76. The molecule has 1 aliphatic heterocycles. The van der Waals surface area contributed by atoms with Crippen molar-refractivity contribution in [3.05, 3.63) is 35.4 Å². The number of carbonyl (C=O) groups excluding carboxylic acids is 1. The zero-order chi connectivity index (χ0) is 14.4. The standard InChI is InChI=1S/C17H26N2O/c1-14-7-9-16(10-8-14)5-3-4-6-17(20)19-12-11-18-13-15(19)2/h7-10,15,18H,3-6,11-13H2,1-2H3. The number of unbranched alkanes of at least 4 members (excludes halogenated alkanes) is 1. The molecule has 0 radical (unpaired) electrons. The summed E-state index contributed by atoms with van der Waals surface area (Å²) in [6.45, 7) is 6.94. The Labute approximate surface area is 122 Å². The van der Waals surface area contributed by atoms with Crippen LogP contribution in [0.15, 0.2) is 24.3 Å². The largest absolute Gasteiger partial charge is 0.337 e. The summed E-state index contributed by atoms with van der Waals surface area (Å²) in [4.78, 5) is 14.2. The zero-order valence-electron chi connectivity index (χ0n) is 12.7. The van der Waals surface area contributed by atoms with E-state index in [-0.39, 0.29) is 0 Å². The Morgan fingerprint density at radius 3 is 2.75 bits per heavy atom. The number of hydrogen-bond donors (Lipinski definition) is 1. The van der Waals surface area contributed by atoms with Crippen LogP contribution in [0.3, 0.4) is 0 Å². The van der Waals surface area contributed by atoms with Gasteiger partial charge in [0.15, 0.2) is 0 Å². The Balaban J connectivity index is 1.67. The average molecular weight is 274 g/mol. The van der Waals surface area contributed by atoms with Gasteiger partial charge in [-0.15, -0.1) is 0 Å². The highest BCUT2D eigenvalue weighted by atomic mass is 16.2. The van der Waals surface area contributed by atoms with Crippen LogP contribution in [-0.2, 0) is 11.2 Å². The van der Waals surface area contributed by atoms with E-state index in [1.165, 1.54) is 11.1 Å². The molecule has 2 rings (SSSR count). The second-order valence-corrected chi connectivity index (χ2v) is 5.83. The first-order chi connectivity index (χ1) is 9.66. The lowest BCUT2D eigenvalue weighted by Crippen LogP contribution is -2.52. The number of benzene rings is 1. The third kappa shape index (κ3) is 4.34. The lowest BCUT2D eigenvalue weighted by atomic mass is 10.0. The first-order valence-electron chi connectivity index (χ1n) is 7.72. The first kappa shape index (κ1) is 15.0. The minimum absolute atomic E-state index is 0.322. The number of nitrogens with zero attached hydrogens (tertiary/aromatic N) is 1. The van der Waals surface area contributed by atoms with Crippen molar-refractivity contribution < 1.29 is 4.79 Å². The lowest BCUT2D eigenvalue weighted by Gasteiger charge is -2.34. The van der Waals surface area contributed by atoms with E-state index in [2.05, 4.69) is 43.4 Å². The minimum Gasteiger partial charge on any atom is -0.337 e. The minimum atomic E-state index is 0.322. The second-order valence-electron chi connectivity index (χ2n) is 5.83. The molecular formula is C17H26N2O. The van der Waals surface area contributed by atoms with Crippen LogP contribution in [-0.4, -0.2) is 36.5 Å². The average Bonchev–Trinajstić information content (AvgIpc) is 2.46. The van der Waals surface area contributed by atoms with Crippen LogP contribution < -0.4 is 5.32 Å². The SMILES string of the molecule is Cc1ccc(CCCCC(=O)N2CCNCC2C)cc1. The van der Waals surface area contributed by atoms with Crippen molar-refractivity contribution in [2.24, 2.45) is 0 Å². The molecular weight excluding hydrogens is 248 g/mol.